The molecule has 2 amide bonds. The topological polar surface area (TPSA) is 98.1 Å². The molecule has 0 atom stereocenters. The van der Waals surface area contributed by atoms with Crippen molar-refractivity contribution in [2.24, 2.45) is 5.92 Å². The zero-order valence-corrected chi connectivity index (χ0v) is 18.1. The second-order valence-electron chi connectivity index (χ2n) is 6.86. The van der Waals surface area contributed by atoms with Crippen LogP contribution in [0.1, 0.15) is 40.7 Å². The Balaban J connectivity index is 1.42. The maximum atomic E-state index is 12.4. The number of furan rings is 1. The highest BCUT2D eigenvalue weighted by Gasteiger charge is 2.25. The van der Waals surface area contributed by atoms with Crippen molar-refractivity contribution in [1.82, 2.24) is 10.2 Å². The first-order chi connectivity index (χ1) is 14.5. The van der Waals surface area contributed by atoms with E-state index in [2.05, 4.69) is 21.2 Å². The number of nitrogens with one attached hydrogen (secondary N) is 1. The molecule has 0 unspecified atom stereocenters. The summed E-state index contributed by atoms with van der Waals surface area (Å²) in [5.41, 5.74) is 0.474. The summed E-state index contributed by atoms with van der Waals surface area (Å²) >= 11 is 3.20. The molecule has 0 aliphatic carbocycles. The quantitative estimate of drug-likeness (QED) is 0.499. The van der Waals surface area contributed by atoms with Gasteiger partial charge < -0.3 is 24.1 Å². The summed E-state index contributed by atoms with van der Waals surface area (Å²) in [6.45, 7) is 3.70. The molecule has 0 bridgehead atoms. The first-order valence-electron chi connectivity index (χ1n) is 9.73. The third kappa shape index (κ3) is 5.85. The van der Waals surface area contributed by atoms with Crippen LogP contribution in [0.2, 0.25) is 0 Å². The predicted molar refractivity (Wildman–Crippen MR) is 111 cm³/mol. The molecule has 1 aromatic heterocycles. The lowest BCUT2D eigenvalue weighted by Crippen LogP contribution is -2.41. The number of carbonyl (C=O) groups excluding carboxylic acids is 3. The summed E-state index contributed by atoms with van der Waals surface area (Å²) in [5.74, 6) is 0.618. The average molecular weight is 479 g/mol. The highest BCUT2D eigenvalue weighted by Crippen LogP contribution is 2.21. The van der Waals surface area contributed by atoms with Gasteiger partial charge in [-0.05, 0) is 78.0 Å². The normalized spacial score (nSPS) is 14.3. The van der Waals surface area contributed by atoms with Crippen LogP contribution in [0, 0.1) is 5.92 Å². The van der Waals surface area contributed by atoms with E-state index >= 15 is 0 Å². The Kier molecular flexibility index (Phi) is 7.51. The number of hydrogen-bond donors (Lipinski definition) is 1. The molecule has 1 fully saturated rings. The van der Waals surface area contributed by atoms with Gasteiger partial charge in [0, 0.05) is 25.2 Å². The standard InChI is InChI=1S/C21H23BrN2O6/c1-2-28-21(27)29-16-5-3-15(4-6-16)19(25)23-13-14-9-11-24(12-10-14)20(26)17-7-8-18(22)30-17/h3-8,14H,2,9-13H2,1H3,(H,23,25). The van der Waals surface area contributed by atoms with Gasteiger partial charge in [0.15, 0.2) is 10.4 Å². The molecule has 30 heavy (non-hydrogen) atoms. The Bertz CT molecular complexity index is 887. The second-order valence-corrected chi connectivity index (χ2v) is 7.64. The fourth-order valence-electron chi connectivity index (χ4n) is 3.18. The zero-order valence-electron chi connectivity index (χ0n) is 16.6. The van der Waals surface area contributed by atoms with Gasteiger partial charge in [0.05, 0.1) is 6.61 Å². The van der Waals surface area contributed by atoms with Crippen LogP contribution in [0.3, 0.4) is 0 Å². The second kappa shape index (κ2) is 10.3. The third-order valence-electron chi connectivity index (χ3n) is 4.82. The molecule has 9 heteroatoms. The maximum absolute atomic E-state index is 12.4. The molecular weight excluding hydrogens is 456 g/mol. The predicted octanol–water partition coefficient (Wildman–Crippen LogP) is 3.86. The smallest absolute Gasteiger partial charge is 0.444 e. The number of likely N-dealkylation sites (tertiary alicyclic amines) is 1. The average Bonchev–Trinajstić information content (AvgIpc) is 3.19. The van der Waals surface area contributed by atoms with Gasteiger partial charge in [-0.2, -0.15) is 0 Å². The first kappa shape index (κ1) is 21.9. The summed E-state index contributed by atoms with van der Waals surface area (Å²) in [7, 11) is 0. The zero-order chi connectivity index (χ0) is 21.5. The molecule has 0 saturated carbocycles. The summed E-state index contributed by atoms with van der Waals surface area (Å²) in [6, 6.07) is 9.62. The van der Waals surface area contributed by atoms with Crippen molar-refractivity contribution in [2.75, 3.05) is 26.2 Å². The number of piperidine rings is 1. The van der Waals surface area contributed by atoms with E-state index in [1.54, 1.807) is 48.2 Å². The van der Waals surface area contributed by atoms with Gasteiger partial charge in [-0.1, -0.05) is 0 Å². The Morgan fingerprint density at radius 2 is 1.83 bits per heavy atom. The van der Waals surface area contributed by atoms with Crippen molar-refractivity contribution in [3.05, 3.63) is 52.4 Å². The van der Waals surface area contributed by atoms with Crippen LogP contribution in [0.25, 0.3) is 0 Å². The minimum Gasteiger partial charge on any atom is -0.444 e. The molecule has 2 heterocycles. The lowest BCUT2D eigenvalue weighted by atomic mass is 9.96. The van der Waals surface area contributed by atoms with Crippen LogP contribution >= 0.6 is 15.9 Å². The molecule has 3 rings (SSSR count). The summed E-state index contributed by atoms with van der Waals surface area (Å²) in [6.07, 6.45) is 0.833. The number of rotatable bonds is 6. The first-order valence-corrected chi connectivity index (χ1v) is 10.5. The molecule has 0 radical (unpaired) electrons. The summed E-state index contributed by atoms with van der Waals surface area (Å²) in [4.78, 5) is 37.8. The van der Waals surface area contributed by atoms with E-state index in [1.165, 1.54) is 0 Å². The molecule has 2 aromatic rings. The Morgan fingerprint density at radius 1 is 1.13 bits per heavy atom. The highest BCUT2D eigenvalue weighted by atomic mass is 79.9. The molecule has 0 spiro atoms. The van der Waals surface area contributed by atoms with Gasteiger partial charge >= 0.3 is 6.16 Å². The summed E-state index contributed by atoms with van der Waals surface area (Å²) in [5, 5.41) is 2.93. The molecule has 1 aromatic carbocycles. The fourth-order valence-corrected chi connectivity index (χ4v) is 3.49. The number of ether oxygens (including phenoxy) is 2. The van der Waals surface area contributed by atoms with Crippen molar-refractivity contribution in [1.29, 1.82) is 0 Å². The lowest BCUT2D eigenvalue weighted by molar-refractivity contribution is 0.0651. The van der Waals surface area contributed by atoms with Gasteiger partial charge in [0.2, 0.25) is 0 Å². The van der Waals surface area contributed by atoms with Crippen molar-refractivity contribution in [2.45, 2.75) is 19.8 Å². The highest BCUT2D eigenvalue weighted by molar-refractivity contribution is 9.10. The molecular formula is C21H23BrN2O6. The molecule has 160 valence electrons. The molecule has 1 aliphatic heterocycles. The van der Waals surface area contributed by atoms with Crippen LogP contribution in [-0.4, -0.2) is 49.1 Å². The van der Waals surface area contributed by atoms with E-state index in [0.717, 1.165) is 12.8 Å². The van der Waals surface area contributed by atoms with E-state index in [1.807, 2.05) is 0 Å². The Morgan fingerprint density at radius 3 is 2.43 bits per heavy atom. The Labute approximate surface area is 182 Å². The van der Waals surface area contributed by atoms with E-state index in [0.29, 0.717) is 47.3 Å². The fraction of sp³-hybridized carbons (Fsp3) is 0.381. The lowest BCUT2D eigenvalue weighted by Gasteiger charge is -2.31. The SMILES string of the molecule is CCOC(=O)Oc1ccc(C(=O)NCC2CCN(C(=O)c3ccc(Br)o3)CC2)cc1. The minimum absolute atomic E-state index is 0.117. The number of benzene rings is 1. The van der Waals surface area contributed by atoms with E-state index in [9.17, 15) is 14.4 Å². The van der Waals surface area contributed by atoms with E-state index < -0.39 is 6.16 Å². The molecule has 8 nitrogen and oxygen atoms in total. The van der Waals surface area contributed by atoms with Gasteiger partial charge in [-0.3, -0.25) is 9.59 Å². The maximum Gasteiger partial charge on any atom is 0.513 e. The van der Waals surface area contributed by atoms with Gasteiger partial charge in [0.1, 0.15) is 5.75 Å². The summed E-state index contributed by atoms with van der Waals surface area (Å²) < 4.78 is 15.5. The van der Waals surface area contributed by atoms with Gasteiger partial charge in [0.25, 0.3) is 11.8 Å². The Hall–Kier alpha value is -2.81. The van der Waals surface area contributed by atoms with Gasteiger partial charge in [-0.25, -0.2) is 4.79 Å². The molecule has 1 saturated heterocycles. The monoisotopic (exact) mass is 478 g/mol. The molecule has 1 N–H and O–H groups in total. The van der Waals surface area contributed by atoms with Crippen LogP contribution in [-0.2, 0) is 4.74 Å². The van der Waals surface area contributed by atoms with E-state index in [4.69, 9.17) is 13.9 Å². The number of carbonyl (C=O) groups is 3. The van der Waals surface area contributed by atoms with Crippen LogP contribution in [0.4, 0.5) is 4.79 Å². The van der Waals surface area contributed by atoms with Gasteiger partial charge in [-0.15, -0.1) is 0 Å². The largest absolute Gasteiger partial charge is 0.513 e. The van der Waals surface area contributed by atoms with Crippen molar-refractivity contribution in [3.63, 3.8) is 0 Å². The minimum atomic E-state index is -0.779. The number of halogens is 1. The van der Waals surface area contributed by atoms with Crippen LogP contribution in [0.15, 0.2) is 45.5 Å². The van der Waals surface area contributed by atoms with Crippen molar-refractivity contribution >= 4 is 33.9 Å². The van der Waals surface area contributed by atoms with Crippen molar-refractivity contribution in [3.8, 4) is 5.75 Å². The number of hydrogen-bond acceptors (Lipinski definition) is 6. The van der Waals surface area contributed by atoms with E-state index in [-0.39, 0.29) is 18.4 Å². The molecule has 1 aliphatic rings. The van der Waals surface area contributed by atoms with Crippen LogP contribution in [0.5, 0.6) is 5.75 Å². The third-order valence-corrected chi connectivity index (χ3v) is 5.24. The van der Waals surface area contributed by atoms with Crippen molar-refractivity contribution < 1.29 is 28.3 Å². The van der Waals surface area contributed by atoms with Crippen LogP contribution < -0.4 is 10.1 Å². The number of amides is 2. The number of nitrogens with zero attached hydrogens (tertiary/aromatic N) is 1.